The number of aryl methyl sites for hydroxylation is 1. The lowest BCUT2D eigenvalue weighted by Crippen LogP contribution is -2.40. The number of likely N-dealkylation sites (tertiary alicyclic amines) is 1. The van der Waals surface area contributed by atoms with Gasteiger partial charge in [0.25, 0.3) is 5.91 Å². The van der Waals surface area contributed by atoms with E-state index in [2.05, 4.69) is 4.98 Å². The second-order valence-electron chi connectivity index (χ2n) is 6.81. The number of carbonyl (C=O) groups excluding carboxylic acids is 1. The summed E-state index contributed by atoms with van der Waals surface area (Å²) >= 11 is 1.65. The smallest absolute Gasteiger partial charge is 0.270 e. The first kappa shape index (κ1) is 16.3. The Morgan fingerprint density at radius 1 is 1.28 bits per heavy atom. The van der Waals surface area contributed by atoms with Crippen molar-refractivity contribution >= 4 is 27.5 Å². The van der Waals surface area contributed by atoms with Crippen LogP contribution in [0.3, 0.4) is 0 Å². The number of H-pyrrole nitrogens is 1. The molecule has 0 aliphatic carbocycles. The first-order valence-corrected chi connectivity index (χ1v) is 9.67. The maximum Gasteiger partial charge on any atom is 0.270 e. The van der Waals surface area contributed by atoms with Crippen LogP contribution in [0, 0.1) is 11.7 Å². The number of benzene rings is 1. The van der Waals surface area contributed by atoms with Crippen LogP contribution in [-0.2, 0) is 6.42 Å². The Bertz CT molecular complexity index is 839. The van der Waals surface area contributed by atoms with E-state index < -0.39 is 0 Å². The highest BCUT2D eigenvalue weighted by Crippen LogP contribution is 2.25. The normalized spacial score (nSPS) is 18.0. The molecule has 4 rings (SSSR count). The number of aromatic nitrogens is 1. The highest BCUT2D eigenvalue weighted by molar-refractivity contribution is 7.17. The minimum absolute atomic E-state index is 0.106. The molecule has 3 nitrogen and oxygen atoms in total. The summed E-state index contributed by atoms with van der Waals surface area (Å²) in [6.07, 6.45) is 4.18. The van der Waals surface area contributed by atoms with Gasteiger partial charge in [0.2, 0.25) is 0 Å². The van der Waals surface area contributed by atoms with Crippen LogP contribution in [-0.4, -0.2) is 28.9 Å². The molecule has 1 amide bonds. The Hall–Kier alpha value is -2.14. The van der Waals surface area contributed by atoms with Crippen molar-refractivity contribution in [1.29, 1.82) is 0 Å². The number of nitrogens with zero attached hydrogens (tertiary/aromatic N) is 1. The third-order valence-electron chi connectivity index (χ3n) is 5.03. The monoisotopic (exact) mass is 356 g/mol. The van der Waals surface area contributed by atoms with E-state index in [1.165, 1.54) is 12.1 Å². The molecular weight excluding hydrogens is 335 g/mol. The number of halogens is 1. The van der Waals surface area contributed by atoms with Crippen LogP contribution in [0.5, 0.6) is 0 Å². The molecule has 5 heteroatoms. The highest BCUT2D eigenvalue weighted by Gasteiger charge is 2.25. The predicted molar refractivity (Wildman–Crippen MR) is 99.5 cm³/mol. The van der Waals surface area contributed by atoms with Crippen LogP contribution in [0.25, 0.3) is 10.2 Å². The van der Waals surface area contributed by atoms with Crippen LogP contribution >= 0.6 is 11.3 Å². The number of rotatable bonds is 4. The van der Waals surface area contributed by atoms with Gasteiger partial charge in [-0.1, -0.05) is 12.1 Å². The molecule has 1 fully saturated rings. The maximum atomic E-state index is 13.0. The summed E-state index contributed by atoms with van der Waals surface area (Å²) in [4.78, 5) is 18.0. The zero-order valence-corrected chi connectivity index (χ0v) is 14.8. The largest absolute Gasteiger partial charge is 0.350 e. The standard InChI is InChI=1S/C20H21FN2OS/c21-16-7-5-14(6-8-16)3-4-15-2-1-10-23(13-15)20(24)18-12-19-17(22-18)9-11-25-19/h5-9,11-12,15,22H,1-4,10,13H2. The molecule has 1 atom stereocenters. The summed E-state index contributed by atoms with van der Waals surface area (Å²) in [6.45, 7) is 1.64. The maximum absolute atomic E-state index is 13.0. The van der Waals surface area contributed by atoms with E-state index in [-0.39, 0.29) is 11.7 Å². The summed E-state index contributed by atoms with van der Waals surface area (Å²) in [6, 6.07) is 10.7. The molecule has 1 unspecified atom stereocenters. The van der Waals surface area contributed by atoms with Gasteiger partial charge in [-0.05, 0) is 66.8 Å². The van der Waals surface area contributed by atoms with Gasteiger partial charge in [-0.3, -0.25) is 4.79 Å². The lowest BCUT2D eigenvalue weighted by molar-refractivity contribution is 0.0663. The summed E-state index contributed by atoms with van der Waals surface area (Å²) < 4.78 is 14.1. The Kier molecular flexibility index (Phi) is 4.57. The summed E-state index contributed by atoms with van der Waals surface area (Å²) in [5, 5.41) is 2.03. The Morgan fingerprint density at radius 2 is 2.12 bits per heavy atom. The second kappa shape index (κ2) is 7.00. The van der Waals surface area contributed by atoms with Gasteiger partial charge in [0.1, 0.15) is 11.5 Å². The molecule has 0 saturated carbocycles. The first-order valence-electron chi connectivity index (χ1n) is 8.79. The van der Waals surface area contributed by atoms with E-state index in [1.54, 1.807) is 11.3 Å². The Labute approximate surface area is 150 Å². The van der Waals surface area contributed by atoms with E-state index in [4.69, 9.17) is 0 Å². The van der Waals surface area contributed by atoms with Crippen molar-refractivity contribution in [3.63, 3.8) is 0 Å². The average Bonchev–Trinajstić information content (AvgIpc) is 3.23. The fourth-order valence-corrected chi connectivity index (χ4v) is 4.42. The number of aromatic amines is 1. The highest BCUT2D eigenvalue weighted by atomic mass is 32.1. The topological polar surface area (TPSA) is 36.1 Å². The van der Waals surface area contributed by atoms with Crippen molar-refractivity contribution in [3.8, 4) is 0 Å². The van der Waals surface area contributed by atoms with Gasteiger partial charge in [0, 0.05) is 13.1 Å². The number of thiophene rings is 1. The summed E-state index contributed by atoms with van der Waals surface area (Å²) in [5.41, 5.74) is 2.90. The zero-order valence-electron chi connectivity index (χ0n) is 14.0. The van der Waals surface area contributed by atoms with Crippen LogP contribution < -0.4 is 0 Å². The van der Waals surface area contributed by atoms with Crippen LogP contribution in [0.1, 0.15) is 35.3 Å². The van der Waals surface area contributed by atoms with Gasteiger partial charge in [-0.2, -0.15) is 0 Å². The van der Waals surface area contributed by atoms with Crippen molar-refractivity contribution in [2.45, 2.75) is 25.7 Å². The third kappa shape index (κ3) is 3.61. The number of piperidine rings is 1. The zero-order chi connectivity index (χ0) is 17.2. The average molecular weight is 356 g/mol. The van der Waals surface area contributed by atoms with Gasteiger partial charge in [0.05, 0.1) is 10.2 Å². The van der Waals surface area contributed by atoms with Gasteiger partial charge in [-0.25, -0.2) is 4.39 Å². The van der Waals surface area contributed by atoms with E-state index in [9.17, 15) is 9.18 Å². The molecule has 1 aliphatic rings. The number of hydrogen-bond acceptors (Lipinski definition) is 2. The molecule has 0 spiro atoms. The SMILES string of the molecule is O=C(c1cc2sccc2[nH]1)N1CCCC(CCc2ccc(F)cc2)C1. The van der Waals surface area contributed by atoms with Gasteiger partial charge in [-0.15, -0.1) is 11.3 Å². The summed E-state index contributed by atoms with van der Waals surface area (Å²) in [5.74, 6) is 0.428. The molecule has 130 valence electrons. The van der Waals surface area contributed by atoms with E-state index in [0.29, 0.717) is 11.6 Å². The fourth-order valence-electron chi connectivity index (χ4n) is 3.64. The summed E-state index contributed by atoms with van der Waals surface area (Å²) in [7, 11) is 0. The van der Waals surface area contributed by atoms with Crippen molar-refractivity contribution < 1.29 is 9.18 Å². The lowest BCUT2D eigenvalue weighted by atomic mass is 9.91. The predicted octanol–water partition coefficient (Wildman–Crippen LogP) is 4.85. The number of carbonyl (C=O) groups is 1. The van der Waals surface area contributed by atoms with Crippen molar-refractivity contribution in [3.05, 3.63) is 58.9 Å². The van der Waals surface area contributed by atoms with Crippen molar-refractivity contribution in [2.75, 3.05) is 13.1 Å². The van der Waals surface area contributed by atoms with Crippen LogP contribution in [0.2, 0.25) is 0 Å². The molecule has 1 N–H and O–H groups in total. The van der Waals surface area contributed by atoms with Crippen LogP contribution in [0.15, 0.2) is 41.8 Å². The number of hydrogen-bond donors (Lipinski definition) is 1. The third-order valence-corrected chi connectivity index (χ3v) is 5.89. The van der Waals surface area contributed by atoms with E-state index >= 15 is 0 Å². The first-order chi connectivity index (χ1) is 12.2. The minimum Gasteiger partial charge on any atom is -0.350 e. The molecule has 0 radical (unpaired) electrons. The Morgan fingerprint density at radius 3 is 2.92 bits per heavy atom. The lowest BCUT2D eigenvalue weighted by Gasteiger charge is -2.32. The van der Waals surface area contributed by atoms with Gasteiger partial charge < -0.3 is 9.88 Å². The van der Waals surface area contributed by atoms with Crippen molar-refractivity contribution in [2.24, 2.45) is 5.92 Å². The molecule has 1 saturated heterocycles. The van der Waals surface area contributed by atoms with Gasteiger partial charge in [0.15, 0.2) is 0 Å². The number of amides is 1. The second-order valence-corrected chi connectivity index (χ2v) is 7.75. The van der Waals surface area contributed by atoms with Crippen molar-refractivity contribution in [1.82, 2.24) is 9.88 Å². The minimum atomic E-state index is -0.191. The quantitative estimate of drug-likeness (QED) is 0.712. The fraction of sp³-hybridized carbons (Fsp3) is 0.350. The van der Waals surface area contributed by atoms with E-state index in [1.807, 2.05) is 34.5 Å². The molecule has 2 aromatic heterocycles. The molecule has 1 aliphatic heterocycles. The Balaban J connectivity index is 1.37. The molecule has 3 heterocycles. The molecule has 0 bridgehead atoms. The molecule has 3 aromatic rings. The molecule has 1 aromatic carbocycles. The van der Waals surface area contributed by atoms with Gasteiger partial charge >= 0.3 is 0 Å². The number of nitrogens with one attached hydrogen (secondary N) is 1. The van der Waals surface area contributed by atoms with E-state index in [0.717, 1.165) is 54.6 Å². The van der Waals surface area contributed by atoms with Crippen LogP contribution in [0.4, 0.5) is 4.39 Å². The number of fused-ring (bicyclic) bond motifs is 1. The molecular formula is C20H21FN2OS. The molecule has 25 heavy (non-hydrogen) atoms.